The highest BCUT2D eigenvalue weighted by Gasteiger charge is 2.21. The highest BCUT2D eigenvalue weighted by atomic mass is 32.1. The molecule has 2 rings (SSSR count). The first-order chi connectivity index (χ1) is 10.6. The molecule has 0 bridgehead atoms. The Morgan fingerprint density at radius 1 is 1.05 bits per heavy atom. The Labute approximate surface area is 132 Å². The van der Waals surface area contributed by atoms with Crippen molar-refractivity contribution in [2.45, 2.75) is 6.92 Å². The Morgan fingerprint density at radius 2 is 1.68 bits per heavy atom. The van der Waals surface area contributed by atoms with Crippen molar-refractivity contribution in [3.63, 3.8) is 0 Å². The van der Waals surface area contributed by atoms with Crippen molar-refractivity contribution in [2.75, 3.05) is 20.8 Å². The summed E-state index contributed by atoms with van der Waals surface area (Å²) in [7, 11) is 2.90. The number of carbonyl (C=O) groups is 2. The maximum Gasteiger partial charge on any atom is 0.346 e. The summed E-state index contributed by atoms with van der Waals surface area (Å²) in [6, 6.07) is 8.53. The number of carbonyl (C=O) groups excluding carboxylic acids is 2. The Balaban J connectivity index is 2.11. The molecule has 0 aliphatic carbocycles. The molecular formula is C16H16O5S. The highest BCUT2D eigenvalue weighted by Crippen LogP contribution is 2.29. The van der Waals surface area contributed by atoms with E-state index < -0.39 is 5.97 Å². The lowest BCUT2D eigenvalue weighted by molar-refractivity contribution is 0.0469. The summed E-state index contributed by atoms with van der Waals surface area (Å²) >= 11 is 1.37. The van der Waals surface area contributed by atoms with Gasteiger partial charge in [-0.05, 0) is 31.2 Å². The van der Waals surface area contributed by atoms with Gasteiger partial charge in [0, 0.05) is 4.88 Å². The molecule has 0 fully saturated rings. The van der Waals surface area contributed by atoms with Crippen LogP contribution in [0.3, 0.4) is 0 Å². The van der Waals surface area contributed by atoms with Crippen LogP contribution in [-0.2, 0) is 4.74 Å². The maximum absolute atomic E-state index is 12.2. The van der Waals surface area contributed by atoms with Crippen molar-refractivity contribution < 1.29 is 23.8 Å². The van der Waals surface area contributed by atoms with Gasteiger partial charge in [0.15, 0.2) is 6.61 Å². The second-order valence-corrected chi connectivity index (χ2v) is 5.74. The van der Waals surface area contributed by atoms with Crippen LogP contribution in [-0.4, -0.2) is 32.6 Å². The molecule has 2 aromatic rings. The van der Waals surface area contributed by atoms with E-state index in [1.54, 1.807) is 24.3 Å². The molecule has 0 spiro atoms. The van der Waals surface area contributed by atoms with Crippen LogP contribution in [0.1, 0.15) is 24.9 Å². The van der Waals surface area contributed by atoms with E-state index in [1.807, 2.05) is 13.0 Å². The number of Topliss-reactive ketones (excluding diaryl/α,β-unsaturated/α-hetero) is 1. The number of ether oxygens (including phenoxy) is 3. The highest BCUT2D eigenvalue weighted by molar-refractivity contribution is 7.14. The fourth-order valence-corrected chi connectivity index (χ4v) is 2.70. The van der Waals surface area contributed by atoms with Gasteiger partial charge >= 0.3 is 5.97 Å². The first-order valence-corrected chi connectivity index (χ1v) is 7.36. The zero-order valence-electron chi connectivity index (χ0n) is 12.5. The third-order valence-corrected chi connectivity index (χ3v) is 4.02. The Morgan fingerprint density at radius 3 is 2.18 bits per heavy atom. The largest absolute Gasteiger partial charge is 0.496 e. The predicted octanol–water partition coefficient (Wildman–Crippen LogP) is 3.11. The van der Waals surface area contributed by atoms with Crippen molar-refractivity contribution in [2.24, 2.45) is 0 Å². The van der Waals surface area contributed by atoms with Gasteiger partial charge < -0.3 is 14.2 Å². The number of benzene rings is 1. The lowest BCUT2D eigenvalue weighted by atomic mass is 10.2. The van der Waals surface area contributed by atoms with Gasteiger partial charge in [0.05, 0.1) is 19.1 Å². The van der Waals surface area contributed by atoms with E-state index in [-0.39, 0.29) is 18.0 Å². The number of thiophene rings is 1. The van der Waals surface area contributed by atoms with E-state index in [4.69, 9.17) is 14.2 Å². The van der Waals surface area contributed by atoms with Crippen LogP contribution < -0.4 is 9.47 Å². The minimum Gasteiger partial charge on any atom is -0.496 e. The number of ketones is 1. The molecule has 0 unspecified atom stereocenters. The number of methoxy groups -OCH3 is 2. The zero-order valence-corrected chi connectivity index (χ0v) is 13.4. The molecule has 0 aliphatic heterocycles. The topological polar surface area (TPSA) is 61.8 Å². The second-order valence-electron chi connectivity index (χ2n) is 4.45. The van der Waals surface area contributed by atoms with Crippen molar-refractivity contribution in [1.29, 1.82) is 0 Å². The fourth-order valence-electron chi connectivity index (χ4n) is 1.91. The molecule has 0 saturated carbocycles. The standard InChI is InChI=1S/C16H16O5S/c1-10-7-8-14(22-10)11(17)9-21-16(18)15-12(19-2)5-4-6-13(15)20-3/h4-8H,9H2,1-3H3. The van der Waals surface area contributed by atoms with Gasteiger partial charge in [-0.1, -0.05) is 6.07 Å². The summed E-state index contributed by atoms with van der Waals surface area (Å²) in [4.78, 5) is 25.8. The summed E-state index contributed by atoms with van der Waals surface area (Å²) in [6.45, 7) is 1.59. The molecule has 116 valence electrons. The number of hydrogen-bond donors (Lipinski definition) is 0. The van der Waals surface area contributed by atoms with E-state index in [0.29, 0.717) is 16.4 Å². The van der Waals surface area contributed by atoms with Crippen LogP contribution in [0.5, 0.6) is 11.5 Å². The molecule has 0 N–H and O–H groups in total. The monoisotopic (exact) mass is 320 g/mol. The quantitative estimate of drug-likeness (QED) is 0.604. The van der Waals surface area contributed by atoms with E-state index in [2.05, 4.69) is 0 Å². The molecule has 0 radical (unpaired) electrons. The van der Waals surface area contributed by atoms with Crippen LogP contribution in [0.4, 0.5) is 0 Å². The van der Waals surface area contributed by atoms with Crippen molar-refractivity contribution in [3.8, 4) is 11.5 Å². The molecule has 0 atom stereocenters. The molecule has 22 heavy (non-hydrogen) atoms. The minimum absolute atomic E-state index is 0.169. The van der Waals surface area contributed by atoms with Gasteiger partial charge in [-0.15, -0.1) is 11.3 Å². The summed E-state index contributed by atoms with van der Waals surface area (Å²) in [5.74, 6) is -0.219. The molecule has 1 aromatic heterocycles. The first kappa shape index (κ1) is 16.0. The van der Waals surface area contributed by atoms with E-state index in [1.165, 1.54) is 25.6 Å². The maximum atomic E-state index is 12.2. The SMILES string of the molecule is COc1cccc(OC)c1C(=O)OCC(=O)c1ccc(C)s1. The van der Waals surface area contributed by atoms with Crippen molar-refractivity contribution in [3.05, 3.63) is 45.6 Å². The smallest absolute Gasteiger partial charge is 0.346 e. The third kappa shape index (κ3) is 3.46. The molecule has 1 heterocycles. The summed E-state index contributed by atoms with van der Waals surface area (Å²) in [6.07, 6.45) is 0. The van der Waals surface area contributed by atoms with Gasteiger partial charge in [-0.2, -0.15) is 0 Å². The molecule has 5 nitrogen and oxygen atoms in total. The van der Waals surface area contributed by atoms with Crippen molar-refractivity contribution in [1.82, 2.24) is 0 Å². The molecule has 0 saturated heterocycles. The van der Waals surface area contributed by atoms with Gasteiger partial charge in [-0.3, -0.25) is 4.79 Å². The average Bonchev–Trinajstić information content (AvgIpc) is 2.97. The van der Waals surface area contributed by atoms with Crippen LogP contribution in [0.2, 0.25) is 0 Å². The lowest BCUT2D eigenvalue weighted by Crippen LogP contribution is -2.15. The molecule has 1 aromatic carbocycles. The molecule has 0 amide bonds. The molecule has 0 aliphatic rings. The normalized spacial score (nSPS) is 10.1. The van der Waals surface area contributed by atoms with Gasteiger partial charge in [0.1, 0.15) is 17.1 Å². The Kier molecular flexibility index (Phi) is 5.16. The first-order valence-electron chi connectivity index (χ1n) is 6.54. The summed E-state index contributed by atoms with van der Waals surface area (Å²) in [5, 5.41) is 0. The second kappa shape index (κ2) is 7.09. The van der Waals surface area contributed by atoms with Crippen LogP contribution in [0, 0.1) is 6.92 Å². The Bertz CT molecular complexity index is 667. The number of hydrogen-bond acceptors (Lipinski definition) is 6. The van der Waals surface area contributed by atoms with Crippen molar-refractivity contribution >= 4 is 23.1 Å². The van der Waals surface area contributed by atoms with Crippen LogP contribution in [0.15, 0.2) is 30.3 Å². The Hall–Kier alpha value is -2.34. The molecule has 6 heteroatoms. The van der Waals surface area contributed by atoms with E-state index in [9.17, 15) is 9.59 Å². The third-order valence-electron chi connectivity index (χ3n) is 2.98. The molecular weight excluding hydrogens is 304 g/mol. The number of esters is 1. The lowest BCUT2D eigenvalue weighted by Gasteiger charge is -2.11. The fraction of sp³-hybridized carbons (Fsp3) is 0.250. The average molecular weight is 320 g/mol. The van der Waals surface area contributed by atoms with Crippen LogP contribution in [0.25, 0.3) is 0 Å². The van der Waals surface area contributed by atoms with E-state index in [0.717, 1.165) is 4.88 Å². The predicted molar refractivity (Wildman–Crippen MR) is 83.2 cm³/mol. The van der Waals surface area contributed by atoms with Gasteiger partial charge in [0.25, 0.3) is 0 Å². The summed E-state index contributed by atoms with van der Waals surface area (Å²) in [5.41, 5.74) is 0.169. The van der Waals surface area contributed by atoms with E-state index >= 15 is 0 Å². The number of aryl methyl sites for hydroxylation is 1. The van der Waals surface area contributed by atoms with Gasteiger partial charge in [0.2, 0.25) is 5.78 Å². The van der Waals surface area contributed by atoms with Crippen LogP contribution >= 0.6 is 11.3 Å². The zero-order chi connectivity index (χ0) is 16.1. The minimum atomic E-state index is -0.657. The summed E-state index contributed by atoms with van der Waals surface area (Å²) < 4.78 is 15.4. The number of rotatable bonds is 6. The van der Waals surface area contributed by atoms with Gasteiger partial charge in [-0.25, -0.2) is 4.79 Å².